The molecule has 0 aliphatic carbocycles. The van der Waals surface area contributed by atoms with E-state index in [1.807, 2.05) is 0 Å². The maximum atomic E-state index is 12.7. The van der Waals surface area contributed by atoms with Gasteiger partial charge in [0.25, 0.3) is 0 Å². The SMILES string of the molecule is CCCCCCCCCCCCCCCCCCCCCOCC(COP(=O)(O)OCC(N)C(=O)O)OC(=O)CCCCCCCCCCCCCCCCCCCCC. The average Bonchev–Trinajstić information content (AvgIpc) is 3.23. The van der Waals surface area contributed by atoms with E-state index < -0.39 is 45.1 Å². The topological polar surface area (TPSA) is 155 Å². The molecule has 358 valence electrons. The summed E-state index contributed by atoms with van der Waals surface area (Å²) < 4.78 is 33.5. The van der Waals surface area contributed by atoms with Gasteiger partial charge in [0, 0.05) is 13.0 Å². The number of nitrogens with two attached hydrogens (primary N) is 1. The summed E-state index contributed by atoms with van der Waals surface area (Å²) in [5.74, 6) is -1.76. The third kappa shape index (κ3) is 45.0. The molecule has 0 aliphatic heterocycles. The molecule has 3 unspecified atom stereocenters. The lowest BCUT2D eigenvalue weighted by molar-refractivity contribution is -0.154. The molecule has 60 heavy (non-hydrogen) atoms. The highest BCUT2D eigenvalue weighted by molar-refractivity contribution is 7.47. The van der Waals surface area contributed by atoms with Crippen molar-refractivity contribution < 1.29 is 42.7 Å². The first kappa shape index (κ1) is 59.0. The maximum absolute atomic E-state index is 12.7. The number of carboxylic acids is 1. The lowest BCUT2D eigenvalue weighted by Crippen LogP contribution is -2.34. The molecule has 0 saturated heterocycles. The van der Waals surface area contributed by atoms with Crippen LogP contribution in [-0.4, -0.2) is 60.5 Å². The monoisotopic (exact) mass is 876 g/mol. The van der Waals surface area contributed by atoms with Crippen molar-refractivity contribution in [2.24, 2.45) is 5.73 Å². The van der Waals surface area contributed by atoms with E-state index in [9.17, 15) is 19.0 Å². The van der Waals surface area contributed by atoms with Crippen LogP contribution in [-0.2, 0) is 32.7 Å². The molecule has 0 radical (unpaired) electrons. The number of carbonyl (C=O) groups excluding carboxylic acids is 1. The van der Waals surface area contributed by atoms with E-state index in [-0.39, 0.29) is 13.0 Å². The third-order valence-corrected chi connectivity index (χ3v) is 12.6. The number of unbranched alkanes of at least 4 members (excludes halogenated alkanes) is 36. The van der Waals surface area contributed by atoms with Gasteiger partial charge in [0.1, 0.15) is 12.1 Å². The summed E-state index contributed by atoms with van der Waals surface area (Å²) in [6, 6.07) is -1.47. The zero-order valence-electron chi connectivity index (χ0n) is 39.3. The maximum Gasteiger partial charge on any atom is 0.472 e. The van der Waals surface area contributed by atoms with Crippen LogP contribution in [0.4, 0.5) is 0 Å². The van der Waals surface area contributed by atoms with Crippen LogP contribution in [0.5, 0.6) is 0 Å². The number of aliphatic carboxylic acids is 1. The molecule has 0 aromatic heterocycles. The van der Waals surface area contributed by atoms with Crippen molar-refractivity contribution >= 4 is 19.8 Å². The highest BCUT2D eigenvalue weighted by Crippen LogP contribution is 2.43. The van der Waals surface area contributed by atoms with Gasteiger partial charge in [0.05, 0.1) is 19.8 Å². The fourth-order valence-corrected chi connectivity index (χ4v) is 8.44. The molecule has 0 aliphatic rings. The van der Waals surface area contributed by atoms with E-state index in [1.165, 1.54) is 205 Å². The molecule has 4 N–H and O–H groups in total. The van der Waals surface area contributed by atoms with Crippen LogP contribution >= 0.6 is 7.82 Å². The van der Waals surface area contributed by atoms with Gasteiger partial charge in [-0.15, -0.1) is 0 Å². The first-order valence-corrected chi connectivity index (χ1v) is 27.1. The van der Waals surface area contributed by atoms with E-state index in [1.54, 1.807) is 0 Å². The minimum absolute atomic E-state index is 0.0264. The molecule has 0 aromatic carbocycles. The Morgan fingerprint density at radius 2 is 0.767 bits per heavy atom. The molecular weight excluding hydrogens is 778 g/mol. The smallest absolute Gasteiger partial charge is 0.472 e. The summed E-state index contributed by atoms with van der Waals surface area (Å²) in [7, 11) is -4.61. The van der Waals surface area contributed by atoms with Crippen molar-refractivity contribution in [2.45, 2.75) is 276 Å². The fraction of sp³-hybridized carbons (Fsp3) is 0.959. The number of phosphoric acid groups is 1. The van der Waals surface area contributed by atoms with Crippen LogP contribution in [0.25, 0.3) is 0 Å². The summed E-state index contributed by atoms with van der Waals surface area (Å²) in [6.07, 6.45) is 48.7. The summed E-state index contributed by atoms with van der Waals surface area (Å²) in [4.78, 5) is 33.7. The molecule has 0 heterocycles. The molecule has 0 spiro atoms. The molecule has 0 amide bonds. The van der Waals surface area contributed by atoms with Gasteiger partial charge in [0.15, 0.2) is 0 Å². The van der Waals surface area contributed by atoms with Crippen molar-refractivity contribution in [3.63, 3.8) is 0 Å². The molecular formula is C49H98NO9P. The lowest BCUT2D eigenvalue weighted by Gasteiger charge is -2.20. The number of rotatable bonds is 50. The highest BCUT2D eigenvalue weighted by atomic mass is 31.2. The molecule has 0 bridgehead atoms. The van der Waals surface area contributed by atoms with Crippen molar-refractivity contribution in [3.8, 4) is 0 Å². The lowest BCUT2D eigenvalue weighted by atomic mass is 10.0. The minimum Gasteiger partial charge on any atom is -0.480 e. The Morgan fingerprint density at radius 1 is 0.467 bits per heavy atom. The van der Waals surface area contributed by atoms with E-state index >= 15 is 0 Å². The van der Waals surface area contributed by atoms with Crippen LogP contribution < -0.4 is 5.73 Å². The van der Waals surface area contributed by atoms with Gasteiger partial charge < -0.3 is 25.2 Å². The highest BCUT2D eigenvalue weighted by Gasteiger charge is 2.27. The van der Waals surface area contributed by atoms with Gasteiger partial charge in [-0.3, -0.25) is 18.6 Å². The van der Waals surface area contributed by atoms with Gasteiger partial charge in [-0.25, -0.2) is 4.57 Å². The van der Waals surface area contributed by atoms with E-state index in [0.717, 1.165) is 38.5 Å². The van der Waals surface area contributed by atoms with Crippen molar-refractivity contribution in [3.05, 3.63) is 0 Å². The van der Waals surface area contributed by atoms with Crippen LogP contribution in [0.3, 0.4) is 0 Å². The summed E-state index contributed by atoms with van der Waals surface area (Å²) in [6.45, 7) is 3.96. The van der Waals surface area contributed by atoms with Crippen LogP contribution in [0, 0.1) is 0 Å². The predicted octanol–water partition coefficient (Wildman–Crippen LogP) is 14.7. The van der Waals surface area contributed by atoms with E-state index in [0.29, 0.717) is 6.61 Å². The second-order valence-electron chi connectivity index (χ2n) is 17.7. The second kappa shape index (κ2) is 46.0. The van der Waals surface area contributed by atoms with Gasteiger partial charge in [-0.05, 0) is 12.8 Å². The van der Waals surface area contributed by atoms with Crippen molar-refractivity contribution in [1.29, 1.82) is 0 Å². The first-order valence-electron chi connectivity index (χ1n) is 25.6. The summed E-state index contributed by atoms with van der Waals surface area (Å²) in [5.41, 5.74) is 5.37. The summed E-state index contributed by atoms with van der Waals surface area (Å²) in [5, 5.41) is 8.92. The molecule has 10 nitrogen and oxygen atoms in total. The molecule has 0 rings (SSSR count). The quantitative estimate of drug-likeness (QED) is 0.0306. The molecule has 0 fully saturated rings. The Kier molecular flexibility index (Phi) is 45.2. The largest absolute Gasteiger partial charge is 0.480 e. The zero-order valence-corrected chi connectivity index (χ0v) is 40.2. The Balaban J connectivity index is 4.09. The number of hydrogen-bond acceptors (Lipinski definition) is 8. The number of carbonyl (C=O) groups is 2. The Bertz CT molecular complexity index is 971. The Labute approximate surface area is 370 Å². The van der Waals surface area contributed by atoms with Crippen LogP contribution in [0.1, 0.15) is 264 Å². The van der Waals surface area contributed by atoms with Crippen molar-refractivity contribution in [2.75, 3.05) is 26.4 Å². The molecule has 3 atom stereocenters. The van der Waals surface area contributed by atoms with Crippen LogP contribution in [0.2, 0.25) is 0 Å². The van der Waals surface area contributed by atoms with E-state index in [2.05, 4.69) is 13.8 Å². The molecule has 0 saturated carbocycles. The van der Waals surface area contributed by atoms with E-state index in [4.69, 9.17) is 29.4 Å². The Morgan fingerprint density at radius 3 is 1.10 bits per heavy atom. The number of phosphoric ester groups is 1. The summed E-state index contributed by atoms with van der Waals surface area (Å²) >= 11 is 0. The first-order chi connectivity index (χ1) is 29.2. The van der Waals surface area contributed by atoms with Gasteiger partial charge in [-0.1, -0.05) is 245 Å². The fourth-order valence-electron chi connectivity index (χ4n) is 7.67. The third-order valence-electron chi connectivity index (χ3n) is 11.6. The zero-order chi connectivity index (χ0) is 44.0. The van der Waals surface area contributed by atoms with Gasteiger partial charge >= 0.3 is 19.8 Å². The Hall–Kier alpha value is -1.03. The molecule has 11 heteroatoms. The standard InChI is InChI=1S/C49H98NO9P/c1-3-5-7-9-11-13-15-17-19-21-23-25-27-29-31-33-35-37-39-41-48(51)59-46(44-57-60(54,55)58-45-47(50)49(52)53)43-56-42-40-38-36-34-32-30-28-26-24-22-20-18-16-14-12-10-8-6-4-2/h46-47H,3-45,50H2,1-2H3,(H,52,53)(H,54,55). The minimum atomic E-state index is -4.61. The number of hydrogen-bond donors (Lipinski definition) is 3. The normalized spacial score (nSPS) is 13.7. The average molecular weight is 876 g/mol. The number of ether oxygens (including phenoxy) is 2. The van der Waals surface area contributed by atoms with Crippen LogP contribution in [0.15, 0.2) is 0 Å². The van der Waals surface area contributed by atoms with Gasteiger partial charge in [-0.2, -0.15) is 0 Å². The predicted molar refractivity (Wildman–Crippen MR) is 249 cm³/mol. The molecule has 0 aromatic rings. The number of carboxylic acid groups (broad SMARTS) is 1. The second-order valence-corrected chi connectivity index (χ2v) is 19.1. The van der Waals surface area contributed by atoms with Gasteiger partial charge in [0.2, 0.25) is 0 Å². The number of esters is 1. The van der Waals surface area contributed by atoms with Crippen molar-refractivity contribution in [1.82, 2.24) is 0 Å².